The van der Waals surface area contributed by atoms with Crippen LogP contribution in [-0.4, -0.2) is 49.7 Å². The van der Waals surface area contributed by atoms with E-state index in [1.165, 1.54) is 27.7 Å². The van der Waals surface area contributed by atoms with Crippen LogP contribution in [0.1, 0.15) is 29.8 Å². The number of amides is 2. The molecule has 3 heterocycles. The van der Waals surface area contributed by atoms with Crippen LogP contribution in [0.15, 0.2) is 18.3 Å². The Kier molecular flexibility index (Phi) is 2.99. The first-order valence-corrected chi connectivity index (χ1v) is 7.44. The molecule has 2 aromatic rings. The fraction of sp³-hybridized carbons (Fsp3) is 0.429. The first-order chi connectivity index (χ1) is 11.4. The number of hydrogen-bond acceptors (Lipinski definition) is 4. The summed E-state index contributed by atoms with van der Waals surface area (Å²) in [5.74, 6) is -3.96. The van der Waals surface area contributed by atoms with Crippen molar-refractivity contribution >= 4 is 23.5 Å². The van der Waals surface area contributed by atoms with E-state index in [0.29, 0.717) is 12.8 Å². The van der Waals surface area contributed by atoms with Gasteiger partial charge in [-0.25, -0.2) is 27.9 Å². The number of urea groups is 1. The highest BCUT2D eigenvalue weighted by Crippen LogP contribution is 2.40. The molecule has 24 heavy (non-hydrogen) atoms. The topological polar surface area (TPSA) is 99.8 Å². The molecule has 0 aromatic carbocycles. The highest BCUT2D eigenvalue weighted by molar-refractivity contribution is 5.95. The quantitative estimate of drug-likeness (QED) is 0.865. The van der Waals surface area contributed by atoms with Gasteiger partial charge in [0, 0.05) is 18.7 Å². The predicted molar refractivity (Wildman–Crippen MR) is 77.3 cm³/mol. The van der Waals surface area contributed by atoms with Gasteiger partial charge in [0.05, 0.1) is 6.04 Å². The van der Waals surface area contributed by atoms with Gasteiger partial charge in [0.15, 0.2) is 11.3 Å². The summed E-state index contributed by atoms with van der Waals surface area (Å²) < 4.78 is 29.3. The second-order valence-electron chi connectivity index (χ2n) is 5.94. The summed E-state index contributed by atoms with van der Waals surface area (Å²) in [4.78, 5) is 28.6. The van der Waals surface area contributed by atoms with Crippen LogP contribution in [0.5, 0.6) is 0 Å². The van der Waals surface area contributed by atoms with Crippen molar-refractivity contribution in [1.29, 1.82) is 0 Å². The van der Waals surface area contributed by atoms with Crippen molar-refractivity contribution in [2.75, 3.05) is 4.90 Å². The average Bonchev–Trinajstić information content (AvgIpc) is 3.07. The SMILES string of the molecule is O=C(O)c1cc2nc(N3C(=O)NC4C3CCCC4(F)F)ccn2n1. The number of alkyl halides is 2. The van der Waals surface area contributed by atoms with Gasteiger partial charge in [0.2, 0.25) is 0 Å². The normalized spacial score (nSPS) is 25.6. The zero-order chi connectivity index (χ0) is 17.1. The second kappa shape index (κ2) is 4.86. The highest BCUT2D eigenvalue weighted by atomic mass is 19.3. The van der Waals surface area contributed by atoms with Gasteiger partial charge in [-0.15, -0.1) is 0 Å². The summed E-state index contributed by atoms with van der Waals surface area (Å²) in [6.07, 6.45) is 1.97. The van der Waals surface area contributed by atoms with Crippen molar-refractivity contribution in [2.45, 2.75) is 37.3 Å². The lowest BCUT2D eigenvalue weighted by atomic mass is 9.87. The molecule has 2 unspecified atom stereocenters. The summed E-state index contributed by atoms with van der Waals surface area (Å²) in [5.41, 5.74) is 0.0383. The number of carboxylic acid groups (broad SMARTS) is 1. The maximum atomic E-state index is 14.0. The molecular weight excluding hydrogens is 324 g/mol. The number of hydrogen-bond donors (Lipinski definition) is 2. The Hall–Kier alpha value is -2.78. The minimum absolute atomic E-state index is 0.187. The van der Waals surface area contributed by atoms with Crippen LogP contribution in [0.3, 0.4) is 0 Å². The molecule has 0 radical (unpaired) electrons. The summed E-state index contributed by atoms with van der Waals surface area (Å²) >= 11 is 0. The summed E-state index contributed by atoms with van der Waals surface area (Å²) in [7, 11) is 0. The number of halogens is 2. The zero-order valence-electron chi connectivity index (χ0n) is 12.3. The highest BCUT2D eigenvalue weighted by Gasteiger charge is 2.55. The molecule has 8 nitrogen and oxygen atoms in total. The third kappa shape index (κ3) is 2.09. The smallest absolute Gasteiger partial charge is 0.356 e. The van der Waals surface area contributed by atoms with E-state index in [0.717, 1.165) is 0 Å². The van der Waals surface area contributed by atoms with Gasteiger partial charge in [-0.05, 0) is 18.9 Å². The molecule has 126 valence electrons. The van der Waals surface area contributed by atoms with Crippen LogP contribution in [-0.2, 0) is 0 Å². The zero-order valence-corrected chi connectivity index (χ0v) is 12.3. The number of carbonyl (C=O) groups is 2. The van der Waals surface area contributed by atoms with E-state index in [1.807, 2.05) is 0 Å². The molecule has 2 atom stereocenters. The number of carbonyl (C=O) groups excluding carboxylic acids is 1. The lowest BCUT2D eigenvalue weighted by molar-refractivity contribution is -0.0595. The van der Waals surface area contributed by atoms with Crippen LogP contribution < -0.4 is 10.2 Å². The van der Waals surface area contributed by atoms with E-state index >= 15 is 0 Å². The van der Waals surface area contributed by atoms with Crippen molar-refractivity contribution in [2.24, 2.45) is 0 Å². The Bertz CT molecular complexity index is 852. The molecule has 0 bridgehead atoms. The van der Waals surface area contributed by atoms with Gasteiger partial charge in [-0.1, -0.05) is 0 Å². The van der Waals surface area contributed by atoms with Crippen LogP contribution in [0.25, 0.3) is 5.65 Å². The third-order valence-corrected chi connectivity index (χ3v) is 4.46. The van der Waals surface area contributed by atoms with Gasteiger partial charge in [0.1, 0.15) is 11.9 Å². The Morgan fingerprint density at radius 3 is 3.00 bits per heavy atom. The lowest BCUT2D eigenvalue weighted by Crippen LogP contribution is -2.51. The number of rotatable bonds is 2. The molecule has 10 heteroatoms. The summed E-state index contributed by atoms with van der Waals surface area (Å²) in [6, 6.07) is 0.170. The fourth-order valence-electron chi connectivity index (χ4n) is 3.37. The Balaban J connectivity index is 1.73. The van der Waals surface area contributed by atoms with Crippen LogP contribution in [0.2, 0.25) is 0 Å². The van der Waals surface area contributed by atoms with E-state index in [-0.39, 0.29) is 23.6 Å². The number of aromatic nitrogens is 3. The van der Waals surface area contributed by atoms with Gasteiger partial charge >= 0.3 is 12.0 Å². The molecule has 1 saturated carbocycles. The second-order valence-corrected chi connectivity index (χ2v) is 5.94. The van der Waals surface area contributed by atoms with E-state index in [2.05, 4.69) is 15.4 Å². The number of nitrogens with zero attached hydrogens (tertiary/aromatic N) is 4. The maximum absolute atomic E-state index is 14.0. The number of nitrogens with one attached hydrogen (secondary N) is 1. The van der Waals surface area contributed by atoms with E-state index in [1.54, 1.807) is 0 Å². The molecule has 2 amide bonds. The molecule has 1 saturated heterocycles. The van der Waals surface area contributed by atoms with E-state index in [4.69, 9.17) is 5.11 Å². The molecule has 0 spiro atoms. The van der Waals surface area contributed by atoms with Crippen molar-refractivity contribution in [3.05, 3.63) is 24.0 Å². The van der Waals surface area contributed by atoms with Crippen LogP contribution in [0.4, 0.5) is 19.4 Å². The van der Waals surface area contributed by atoms with Crippen molar-refractivity contribution in [3.63, 3.8) is 0 Å². The summed E-state index contributed by atoms with van der Waals surface area (Å²) in [5, 5.41) is 15.1. The third-order valence-electron chi connectivity index (χ3n) is 4.46. The molecule has 1 aliphatic heterocycles. The molecule has 4 rings (SSSR count). The maximum Gasteiger partial charge on any atom is 0.356 e. The largest absolute Gasteiger partial charge is 0.476 e. The number of aromatic carboxylic acids is 1. The molecule has 2 fully saturated rings. The fourth-order valence-corrected chi connectivity index (χ4v) is 3.37. The predicted octanol–water partition coefficient (Wildman–Crippen LogP) is 1.51. The van der Waals surface area contributed by atoms with Crippen molar-refractivity contribution in [3.8, 4) is 0 Å². The van der Waals surface area contributed by atoms with E-state index in [9.17, 15) is 18.4 Å². The molecular formula is C14H13F2N5O3. The number of fused-ring (bicyclic) bond motifs is 2. The average molecular weight is 337 g/mol. The van der Waals surface area contributed by atoms with Crippen molar-refractivity contribution in [1.82, 2.24) is 19.9 Å². The molecule has 2 aromatic heterocycles. The minimum atomic E-state index is -2.95. The van der Waals surface area contributed by atoms with Gasteiger partial charge in [-0.3, -0.25) is 4.90 Å². The Morgan fingerprint density at radius 2 is 2.25 bits per heavy atom. The molecule has 2 N–H and O–H groups in total. The Labute approximate surface area is 134 Å². The standard InChI is InChI=1S/C14H13F2N5O3/c15-14(16)4-1-2-8-11(14)18-13(24)21(8)9-3-5-20-10(17-9)6-7(19-20)12(22)23/h3,5-6,8,11H,1-2,4H2,(H,18,24)(H,22,23). The van der Waals surface area contributed by atoms with E-state index < -0.39 is 30.0 Å². The van der Waals surface area contributed by atoms with Crippen LogP contribution >= 0.6 is 0 Å². The number of carboxylic acids is 1. The Morgan fingerprint density at radius 1 is 1.46 bits per heavy atom. The minimum Gasteiger partial charge on any atom is -0.476 e. The van der Waals surface area contributed by atoms with Gasteiger partial charge in [-0.2, -0.15) is 5.10 Å². The van der Waals surface area contributed by atoms with Crippen LogP contribution in [0, 0.1) is 0 Å². The lowest BCUT2D eigenvalue weighted by Gasteiger charge is -2.34. The summed E-state index contributed by atoms with van der Waals surface area (Å²) in [6.45, 7) is 0. The molecule has 1 aliphatic carbocycles. The van der Waals surface area contributed by atoms with Gasteiger partial charge < -0.3 is 10.4 Å². The van der Waals surface area contributed by atoms with Gasteiger partial charge in [0.25, 0.3) is 5.92 Å². The number of anilines is 1. The first kappa shape index (κ1) is 14.8. The first-order valence-electron chi connectivity index (χ1n) is 7.44. The molecule has 2 aliphatic rings. The monoisotopic (exact) mass is 337 g/mol. The van der Waals surface area contributed by atoms with Crippen molar-refractivity contribution < 1.29 is 23.5 Å².